The summed E-state index contributed by atoms with van der Waals surface area (Å²) in [6.07, 6.45) is 0. The molecule has 2 aromatic rings. The third-order valence-electron chi connectivity index (χ3n) is 2.58. The number of nitro groups is 1. The first kappa shape index (κ1) is 15.1. The molecule has 0 unspecified atom stereocenters. The smallest absolute Gasteiger partial charge is 0.272 e. The number of ether oxygens (including phenoxy) is 1. The van der Waals surface area contributed by atoms with Gasteiger partial charge in [0.1, 0.15) is 11.6 Å². The fourth-order valence-electron chi connectivity index (χ4n) is 1.57. The highest BCUT2D eigenvalue weighted by Crippen LogP contribution is 2.39. The minimum absolute atomic E-state index is 0.0323. The van der Waals surface area contributed by atoms with Crippen molar-refractivity contribution in [1.29, 1.82) is 5.41 Å². The van der Waals surface area contributed by atoms with E-state index in [0.29, 0.717) is 11.3 Å². The van der Waals surface area contributed by atoms with Gasteiger partial charge in [-0.05, 0) is 24.3 Å². The summed E-state index contributed by atoms with van der Waals surface area (Å²) in [5, 5.41) is 18.0. The number of amidine groups is 1. The molecule has 0 spiro atoms. The van der Waals surface area contributed by atoms with E-state index in [-0.39, 0.29) is 27.3 Å². The van der Waals surface area contributed by atoms with Crippen molar-refractivity contribution in [3.05, 3.63) is 62.1 Å². The molecular weight excluding hydrogens is 317 g/mol. The molecule has 0 aliphatic rings. The standard InChI is InChI=1S/C13H9Cl2N3O3/c14-10-5-8(18(19)20)6-11(15)12(10)21-9-3-1-7(2-4-9)13(16)17/h1-6H,(H3,16,17). The molecule has 0 saturated heterocycles. The zero-order valence-electron chi connectivity index (χ0n) is 10.5. The van der Waals surface area contributed by atoms with Gasteiger partial charge in [-0.25, -0.2) is 0 Å². The number of nitrogens with one attached hydrogen (secondary N) is 1. The van der Waals surface area contributed by atoms with Gasteiger partial charge < -0.3 is 10.5 Å². The molecule has 3 N–H and O–H groups in total. The average molecular weight is 326 g/mol. The van der Waals surface area contributed by atoms with E-state index in [0.717, 1.165) is 12.1 Å². The van der Waals surface area contributed by atoms with Crippen molar-refractivity contribution in [2.24, 2.45) is 5.73 Å². The van der Waals surface area contributed by atoms with E-state index in [2.05, 4.69) is 0 Å². The summed E-state index contributed by atoms with van der Waals surface area (Å²) >= 11 is 11.9. The number of non-ortho nitro benzene ring substituents is 1. The van der Waals surface area contributed by atoms with Crippen LogP contribution in [0, 0.1) is 15.5 Å². The third kappa shape index (κ3) is 3.42. The number of nitrogens with zero attached hydrogens (tertiary/aromatic N) is 1. The summed E-state index contributed by atoms with van der Waals surface area (Å²) in [7, 11) is 0. The molecule has 6 nitrogen and oxygen atoms in total. The van der Waals surface area contributed by atoms with Gasteiger partial charge >= 0.3 is 0 Å². The summed E-state index contributed by atoms with van der Waals surface area (Å²) < 4.78 is 5.51. The average Bonchev–Trinajstić information content (AvgIpc) is 2.43. The van der Waals surface area contributed by atoms with E-state index in [1.165, 1.54) is 0 Å². The molecule has 0 aliphatic heterocycles. The van der Waals surface area contributed by atoms with Gasteiger partial charge in [-0.15, -0.1) is 0 Å². The van der Waals surface area contributed by atoms with E-state index in [1.807, 2.05) is 0 Å². The van der Waals surface area contributed by atoms with Crippen LogP contribution in [0.5, 0.6) is 11.5 Å². The maximum atomic E-state index is 10.7. The highest BCUT2D eigenvalue weighted by Gasteiger charge is 2.16. The topological polar surface area (TPSA) is 102 Å². The largest absolute Gasteiger partial charge is 0.454 e. The van der Waals surface area contributed by atoms with Gasteiger partial charge in [-0.1, -0.05) is 23.2 Å². The molecule has 21 heavy (non-hydrogen) atoms. The lowest BCUT2D eigenvalue weighted by Gasteiger charge is -2.10. The number of rotatable bonds is 4. The monoisotopic (exact) mass is 325 g/mol. The molecule has 0 bridgehead atoms. The molecule has 0 atom stereocenters. The van der Waals surface area contributed by atoms with Crippen molar-refractivity contribution in [2.75, 3.05) is 0 Å². The van der Waals surface area contributed by atoms with Crippen molar-refractivity contribution in [1.82, 2.24) is 0 Å². The number of benzene rings is 2. The molecule has 8 heteroatoms. The van der Waals surface area contributed by atoms with Gasteiger partial charge in [0, 0.05) is 17.7 Å². The molecule has 0 heterocycles. The first-order valence-electron chi connectivity index (χ1n) is 5.64. The maximum absolute atomic E-state index is 10.7. The highest BCUT2D eigenvalue weighted by molar-refractivity contribution is 6.37. The number of nitrogen functional groups attached to an aromatic ring is 1. The van der Waals surface area contributed by atoms with Gasteiger partial charge in [0.2, 0.25) is 0 Å². The van der Waals surface area contributed by atoms with Crippen LogP contribution in [-0.2, 0) is 0 Å². The van der Waals surface area contributed by atoms with Crippen LogP contribution in [0.25, 0.3) is 0 Å². The normalized spacial score (nSPS) is 10.2. The molecule has 0 fully saturated rings. The van der Waals surface area contributed by atoms with Crippen molar-refractivity contribution in [3.63, 3.8) is 0 Å². The van der Waals surface area contributed by atoms with Crippen LogP contribution < -0.4 is 10.5 Å². The summed E-state index contributed by atoms with van der Waals surface area (Å²) in [5.41, 5.74) is 5.67. The molecule has 0 aromatic heterocycles. The number of halogens is 2. The summed E-state index contributed by atoms with van der Waals surface area (Å²) in [4.78, 5) is 10.1. The lowest BCUT2D eigenvalue weighted by Crippen LogP contribution is -2.10. The quantitative estimate of drug-likeness (QED) is 0.384. The van der Waals surface area contributed by atoms with Crippen LogP contribution in [0.2, 0.25) is 10.0 Å². The first-order chi connectivity index (χ1) is 9.88. The van der Waals surface area contributed by atoms with Gasteiger partial charge in [-0.3, -0.25) is 15.5 Å². The third-order valence-corrected chi connectivity index (χ3v) is 3.14. The van der Waals surface area contributed by atoms with Crippen molar-refractivity contribution in [2.45, 2.75) is 0 Å². The number of nitrogens with two attached hydrogens (primary N) is 1. The minimum Gasteiger partial charge on any atom is -0.454 e. The second-order valence-corrected chi connectivity index (χ2v) is 4.85. The fourth-order valence-corrected chi connectivity index (χ4v) is 2.12. The molecule has 0 saturated carbocycles. The van der Waals surface area contributed by atoms with E-state index in [4.69, 9.17) is 39.1 Å². The first-order valence-corrected chi connectivity index (χ1v) is 6.40. The summed E-state index contributed by atoms with van der Waals surface area (Å²) in [6, 6.07) is 8.70. The Bertz CT molecular complexity index is 694. The lowest BCUT2D eigenvalue weighted by atomic mass is 10.2. The van der Waals surface area contributed by atoms with E-state index in [1.54, 1.807) is 24.3 Å². The Labute approximate surface area is 129 Å². The minimum atomic E-state index is -0.594. The molecule has 0 aliphatic carbocycles. The van der Waals surface area contributed by atoms with E-state index >= 15 is 0 Å². The second-order valence-electron chi connectivity index (χ2n) is 4.04. The predicted octanol–water partition coefficient (Wildman–Crippen LogP) is 3.98. The zero-order valence-corrected chi connectivity index (χ0v) is 12.0. The SMILES string of the molecule is N=C(N)c1ccc(Oc2c(Cl)cc([N+](=O)[O-])cc2Cl)cc1. The summed E-state index contributed by atoms with van der Waals surface area (Å²) in [6.45, 7) is 0. The molecule has 0 radical (unpaired) electrons. The fraction of sp³-hybridized carbons (Fsp3) is 0. The molecule has 0 amide bonds. The molecule has 2 aromatic carbocycles. The molecule has 2 rings (SSSR count). The van der Waals surface area contributed by atoms with Crippen LogP contribution in [0.15, 0.2) is 36.4 Å². The van der Waals surface area contributed by atoms with Crippen LogP contribution in [0.4, 0.5) is 5.69 Å². The van der Waals surface area contributed by atoms with Crippen LogP contribution in [0.3, 0.4) is 0 Å². The van der Waals surface area contributed by atoms with Gasteiger partial charge in [-0.2, -0.15) is 0 Å². The Morgan fingerprint density at radius 1 is 1.19 bits per heavy atom. The Hall–Kier alpha value is -2.31. The van der Waals surface area contributed by atoms with Gasteiger partial charge in [0.05, 0.1) is 15.0 Å². The Kier molecular flexibility index (Phi) is 4.30. The lowest BCUT2D eigenvalue weighted by molar-refractivity contribution is -0.384. The van der Waals surface area contributed by atoms with E-state index in [9.17, 15) is 10.1 Å². The number of hydrogen-bond acceptors (Lipinski definition) is 4. The van der Waals surface area contributed by atoms with Crippen molar-refractivity contribution in [3.8, 4) is 11.5 Å². The van der Waals surface area contributed by atoms with Crippen LogP contribution in [0.1, 0.15) is 5.56 Å². The Morgan fingerprint density at radius 3 is 2.14 bits per heavy atom. The van der Waals surface area contributed by atoms with Crippen molar-refractivity contribution >= 4 is 34.7 Å². The van der Waals surface area contributed by atoms with Gasteiger partial charge in [0.15, 0.2) is 5.75 Å². The highest BCUT2D eigenvalue weighted by atomic mass is 35.5. The van der Waals surface area contributed by atoms with Crippen LogP contribution >= 0.6 is 23.2 Å². The Morgan fingerprint density at radius 2 is 1.71 bits per heavy atom. The zero-order chi connectivity index (χ0) is 15.6. The Balaban J connectivity index is 2.31. The van der Waals surface area contributed by atoms with Crippen LogP contribution in [-0.4, -0.2) is 10.8 Å². The predicted molar refractivity (Wildman–Crippen MR) is 80.6 cm³/mol. The van der Waals surface area contributed by atoms with Gasteiger partial charge in [0.25, 0.3) is 5.69 Å². The van der Waals surface area contributed by atoms with E-state index < -0.39 is 4.92 Å². The summed E-state index contributed by atoms with van der Waals surface area (Å²) in [5.74, 6) is 0.477. The van der Waals surface area contributed by atoms with Crippen molar-refractivity contribution < 1.29 is 9.66 Å². The number of nitro benzene ring substituents is 1. The second kappa shape index (κ2) is 5.99. The molecule has 108 valence electrons. The number of hydrogen-bond donors (Lipinski definition) is 2. The maximum Gasteiger partial charge on any atom is 0.272 e. The molecular formula is C13H9Cl2N3O3.